The van der Waals surface area contributed by atoms with Gasteiger partial charge in [-0.1, -0.05) is 45.0 Å². The maximum absolute atomic E-state index is 5.50. The Kier molecular flexibility index (Phi) is 4.41. The third-order valence-corrected chi connectivity index (χ3v) is 5.77. The summed E-state index contributed by atoms with van der Waals surface area (Å²) in [6, 6.07) is 15.1. The van der Waals surface area contributed by atoms with Crippen LogP contribution in [-0.2, 0) is 5.41 Å². The molecule has 2 nitrogen and oxygen atoms in total. The van der Waals surface area contributed by atoms with E-state index in [1.165, 1.54) is 20.1 Å². The van der Waals surface area contributed by atoms with Crippen LogP contribution in [0.5, 0.6) is 5.75 Å². The van der Waals surface area contributed by atoms with E-state index in [-0.39, 0.29) is 5.41 Å². The Bertz CT molecular complexity index is 819. The van der Waals surface area contributed by atoms with Crippen molar-refractivity contribution in [3.63, 3.8) is 0 Å². The lowest BCUT2D eigenvalue weighted by Crippen LogP contribution is -2.29. The second kappa shape index (κ2) is 6.19. The molecule has 3 rings (SSSR count). The number of methoxy groups -OCH3 is 1. The number of fused-ring (bicyclic) bond motifs is 1. The molecule has 0 bridgehead atoms. The van der Waals surface area contributed by atoms with Crippen molar-refractivity contribution in [1.29, 1.82) is 0 Å². The van der Waals surface area contributed by atoms with Crippen LogP contribution < -0.4 is 4.74 Å². The van der Waals surface area contributed by atoms with Gasteiger partial charge in [-0.2, -0.15) is 0 Å². The molecule has 120 valence electrons. The Morgan fingerprint density at radius 2 is 1.78 bits per heavy atom. The molecule has 0 radical (unpaired) electrons. The van der Waals surface area contributed by atoms with Gasteiger partial charge in [-0.15, -0.1) is 0 Å². The number of nitrogens with one attached hydrogen (secondary N) is 1. The molecule has 1 atom stereocenters. The molecule has 0 aliphatic heterocycles. The molecule has 0 aliphatic carbocycles. The zero-order valence-corrected chi connectivity index (χ0v) is 16.1. The topological polar surface area (TPSA) is 25.0 Å². The molecule has 0 spiro atoms. The van der Waals surface area contributed by atoms with Crippen LogP contribution in [0.25, 0.3) is 10.9 Å². The second-order valence-corrected chi connectivity index (χ2v) is 7.69. The molecule has 1 aromatic heterocycles. The Labute approximate surface area is 151 Å². The van der Waals surface area contributed by atoms with E-state index >= 15 is 0 Å². The molecule has 0 amide bonds. The highest BCUT2D eigenvalue weighted by Crippen LogP contribution is 2.43. The molecule has 2 aromatic carbocycles. The first kappa shape index (κ1) is 16.4. The van der Waals surface area contributed by atoms with Gasteiger partial charge in [0.1, 0.15) is 5.75 Å². The molecule has 3 heteroatoms. The van der Waals surface area contributed by atoms with Gasteiger partial charge in [0.2, 0.25) is 0 Å². The minimum Gasteiger partial charge on any atom is -0.495 e. The lowest BCUT2D eigenvalue weighted by molar-refractivity contribution is 0.408. The van der Waals surface area contributed by atoms with Gasteiger partial charge in [0, 0.05) is 20.6 Å². The van der Waals surface area contributed by atoms with Crippen molar-refractivity contribution in [2.45, 2.75) is 26.2 Å². The standard InChI is InChI=1S/C20H22INO/c1-13(2)20(3,14-8-10-15(21)11-9-14)17-12-22-19-16(17)6-5-7-18(19)23-4/h5-13,22H,1-4H3. The molecular formula is C20H22INO. The number of para-hydroxylation sites is 1. The van der Waals surface area contributed by atoms with Gasteiger partial charge in [0.15, 0.2) is 0 Å². The number of halogens is 1. The minimum atomic E-state index is -0.0606. The lowest BCUT2D eigenvalue weighted by Gasteiger charge is -2.34. The molecule has 0 saturated heterocycles. The fourth-order valence-corrected chi connectivity index (χ4v) is 3.68. The zero-order chi connectivity index (χ0) is 16.6. The number of H-pyrrole nitrogens is 1. The lowest BCUT2D eigenvalue weighted by atomic mass is 9.68. The fourth-order valence-electron chi connectivity index (χ4n) is 3.32. The summed E-state index contributed by atoms with van der Waals surface area (Å²) < 4.78 is 6.77. The number of ether oxygens (including phenoxy) is 1. The monoisotopic (exact) mass is 419 g/mol. The Morgan fingerprint density at radius 1 is 1.09 bits per heavy atom. The first-order valence-corrected chi connectivity index (χ1v) is 8.97. The zero-order valence-electron chi connectivity index (χ0n) is 14.0. The minimum absolute atomic E-state index is 0.0606. The van der Waals surface area contributed by atoms with Gasteiger partial charge in [0.25, 0.3) is 0 Å². The van der Waals surface area contributed by atoms with Gasteiger partial charge in [-0.25, -0.2) is 0 Å². The van der Waals surface area contributed by atoms with E-state index in [1.807, 2.05) is 6.07 Å². The molecule has 1 N–H and O–H groups in total. The normalized spacial score (nSPS) is 14.2. The first-order chi connectivity index (χ1) is 11.0. The molecular weight excluding hydrogens is 397 g/mol. The quantitative estimate of drug-likeness (QED) is 0.536. The van der Waals surface area contributed by atoms with E-state index in [0.29, 0.717) is 5.92 Å². The van der Waals surface area contributed by atoms with Crippen LogP contribution in [-0.4, -0.2) is 12.1 Å². The first-order valence-electron chi connectivity index (χ1n) is 7.89. The molecule has 0 saturated carbocycles. The van der Waals surface area contributed by atoms with Crippen LogP contribution in [0, 0.1) is 9.49 Å². The van der Waals surface area contributed by atoms with Crippen molar-refractivity contribution >= 4 is 33.5 Å². The average molecular weight is 419 g/mol. The van der Waals surface area contributed by atoms with Crippen molar-refractivity contribution < 1.29 is 4.74 Å². The van der Waals surface area contributed by atoms with Crippen LogP contribution in [0.2, 0.25) is 0 Å². The van der Waals surface area contributed by atoms with Crippen LogP contribution in [0.3, 0.4) is 0 Å². The van der Waals surface area contributed by atoms with Gasteiger partial charge < -0.3 is 9.72 Å². The summed E-state index contributed by atoms with van der Waals surface area (Å²) in [7, 11) is 1.72. The van der Waals surface area contributed by atoms with Gasteiger partial charge in [-0.3, -0.25) is 0 Å². The van der Waals surface area contributed by atoms with E-state index in [0.717, 1.165) is 11.3 Å². The summed E-state index contributed by atoms with van der Waals surface area (Å²) in [4.78, 5) is 3.42. The Balaban J connectivity index is 2.25. The number of hydrogen-bond donors (Lipinski definition) is 1. The predicted octanol–water partition coefficient (Wildman–Crippen LogP) is 5.74. The van der Waals surface area contributed by atoms with Gasteiger partial charge in [-0.05, 0) is 57.8 Å². The van der Waals surface area contributed by atoms with E-state index in [1.54, 1.807) is 7.11 Å². The number of benzene rings is 2. The number of aromatic amines is 1. The smallest absolute Gasteiger partial charge is 0.142 e. The molecule has 23 heavy (non-hydrogen) atoms. The molecule has 0 fully saturated rings. The van der Waals surface area contributed by atoms with Crippen molar-refractivity contribution in [2.24, 2.45) is 5.92 Å². The van der Waals surface area contributed by atoms with Crippen molar-refractivity contribution in [3.8, 4) is 5.75 Å². The highest BCUT2D eigenvalue weighted by atomic mass is 127. The summed E-state index contributed by atoms with van der Waals surface area (Å²) >= 11 is 2.36. The average Bonchev–Trinajstić information content (AvgIpc) is 2.99. The van der Waals surface area contributed by atoms with Crippen LogP contribution in [0.4, 0.5) is 0 Å². The summed E-state index contributed by atoms with van der Waals surface area (Å²) in [5.41, 5.74) is 3.68. The Morgan fingerprint density at radius 3 is 2.39 bits per heavy atom. The van der Waals surface area contributed by atoms with Crippen molar-refractivity contribution in [2.75, 3.05) is 7.11 Å². The van der Waals surface area contributed by atoms with Crippen LogP contribution in [0.15, 0.2) is 48.7 Å². The summed E-state index contributed by atoms with van der Waals surface area (Å²) in [6.07, 6.45) is 2.14. The summed E-state index contributed by atoms with van der Waals surface area (Å²) in [6.45, 7) is 6.91. The maximum Gasteiger partial charge on any atom is 0.142 e. The van der Waals surface area contributed by atoms with Crippen LogP contribution >= 0.6 is 22.6 Å². The highest BCUT2D eigenvalue weighted by Gasteiger charge is 2.34. The Hall–Kier alpha value is -1.49. The third-order valence-electron chi connectivity index (χ3n) is 5.06. The summed E-state index contributed by atoms with van der Waals surface area (Å²) in [5, 5.41) is 1.24. The molecule has 0 aliphatic rings. The second-order valence-electron chi connectivity index (χ2n) is 6.45. The fraction of sp³-hybridized carbons (Fsp3) is 0.300. The number of aromatic nitrogens is 1. The predicted molar refractivity (Wildman–Crippen MR) is 105 cm³/mol. The van der Waals surface area contributed by atoms with E-state index in [9.17, 15) is 0 Å². The number of hydrogen-bond acceptors (Lipinski definition) is 1. The van der Waals surface area contributed by atoms with E-state index in [4.69, 9.17) is 4.74 Å². The third kappa shape index (κ3) is 2.65. The van der Waals surface area contributed by atoms with E-state index in [2.05, 4.69) is 90.9 Å². The van der Waals surface area contributed by atoms with Crippen LogP contribution in [0.1, 0.15) is 31.9 Å². The molecule has 3 aromatic rings. The highest BCUT2D eigenvalue weighted by molar-refractivity contribution is 14.1. The van der Waals surface area contributed by atoms with Gasteiger partial charge in [0.05, 0.1) is 12.6 Å². The molecule has 1 heterocycles. The van der Waals surface area contributed by atoms with Crippen molar-refractivity contribution in [1.82, 2.24) is 4.98 Å². The molecule has 1 unspecified atom stereocenters. The largest absolute Gasteiger partial charge is 0.495 e. The summed E-state index contributed by atoms with van der Waals surface area (Å²) in [5.74, 6) is 1.36. The number of rotatable bonds is 4. The van der Waals surface area contributed by atoms with Gasteiger partial charge >= 0.3 is 0 Å². The SMILES string of the molecule is COc1cccc2c(C(C)(c3ccc(I)cc3)C(C)C)c[nH]c12. The van der Waals surface area contributed by atoms with Crippen molar-refractivity contribution in [3.05, 3.63) is 63.4 Å². The maximum atomic E-state index is 5.50. The van der Waals surface area contributed by atoms with E-state index < -0.39 is 0 Å².